The lowest BCUT2D eigenvalue weighted by molar-refractivity contribution is -0.126. The van der Waals surface area contributed by atoms with Crippen molar-refractivity contribution in [3.8, 4) is 0 Å². The van der Waals surface area contributed by atoms with Crippen LogP contribution in [0.2, 0.25) is 0 Å². The summed E-state index contributed by atoms with van der Waals surface area (Å²) >= 11 is 3.51. The third kappa shape index (κ3) is 2.63. The Balaban J connectivity index is 1.69. The Morgan fingerprint density at radius 2 is 2.20 bits per heavy atom. The van der Waals surface area contributed by atoms with E-state index < -0.39 is 0 Å². The summed E-state index contributed by atoms with van der Waals surface area (Å²) in [5.74, 6) is 0.707. The molecule has 0 spiro atoms. The van der Waals surface area contributed by atoms with E-state index in [0.29, 0.717) is 12.5 Å². The average molecular weight is 337 g/mol. The maximum atomic E-state index is 12.5. The lowest BCUT2D eigenvalue weighted by Gasteiger charge is -2.21. The number of hydrogen-bond donors (Lipinski definition) is 2. The van der Waals surface area contributed by atoms with Crippen LogP contribution in [-0.4, -0.2) is 12.5 Å². The molecule has 1 aromatic carbocycles. The van der Waals surface area contributed by atoms with Gasteiger partial charge in [-0.3, -0.25) is 4.79 Å². The number of carbonyl (C=O) groups excluding carboxylic acids is 1. The van der Waals surface area contributed by atoms with Gasteiger partial charge in [0.15, 0.2) is 0 Å². The van der Waals surface area contributed by atoms with Crippen LogP contribution >= 0.6 is 15.9 Å². The molecular formula is C16H21BrN2O. The molecule has 0 bridgehead atoms. The van der Waals surface area contributed by atoms with E-state index in [-0.39, 0.29) is 17.9 Å². The van der Waals surface area contributed by atoms with Crippen LogP contribution in [0.25, 0.3) is 0 Å². The zero-order valence-electron chi connectivity index (χ0n) is 11.6. The highest BCUT2D eigenvalue weighted by atomic mass is 79.9. The van der Waals surface area contributed by atoms with Crippen molar-refractivity contribution in [1.82, 2.24) is 5.32 Å². The minimum atomic E-state index is 0.125. The van der Waals surface area contributed by atoms with Crippen LogP contribution in [0.4, 0.5) is 0 Å². The van der Waals surface area contributed by atoms with Crippen LogP contribution in [0.3, 0.4) is 0 Å². The van der Waals surface area contributed by atoms with E-state index in [9.17, 15) is 4.79 Å². The van der Waals surface area contributed by atoms with Crippen molar-refractivity contribution in [2.24, 2.45) is 17.6 Å². The summed E-state index contributed by atoms with van der Waals surface area (Å²) in [5.41, 5.74) is 8.41. The first-order chi connectivity index (χ1) is 9.69. The standard InChI is InChI=1S/C16H21BrN2O/c17-12-5-6-13-10(8-12)4-7-15(13)19-16(20)14-3-1-2-11(14)9-18/h5-6,8,11,14-15H,1-4,7,9,18H2,(H,19,20)/t11-,14-,15?/m1/s1. The molecule has 108 valence electrons. The van der Waals surface area contributed by atoms with E-state index in [1.54, 1.807) is 0 Å². The smallest absolute Gasteiger partial charge is 0.223 e. The van der Waals surface area contributed by atoms with Crippen LogP contribution in [0.1, 0.15) is 42.9 Å². The van der Waals surface area contributed by atoms with Gasteiger partial charge in [-0.15, -0.1) is 0 Å². The van der Waals surface area contributed by atoms with Gasteiger partial charge in [0.05, 0.1) is 6.04 Å². The molecule has 20 heavy (non-hydrogen) atoms. The highest BCUT2D eigenvalue weighted by molar-refractivity contribution is 9.10. The summed E-state index contributed by atoms with van der Waals surface area (Å²) < 4.78 is 1.11. The van der Waals surface area contributed by atoms with Crippen molar-refractivity contribution in [3.63, 3.8) is 0 Å². The third-order valence-corrected chi connectivity index (χ3v) is 5.29. The number of rotatable bonds is 3. The largest absolute Gasteiger partial charge is 0.349 e. The minimum Gasteiger partial charge on any atom is -0.349 e. The molecule has 1 amide bonds. The molecule has 2 aliphatic rings. The molecule has 0 aliphatic heterocycles. The molecule has 3 nitrogen and oxygen atoms in total. The summed E-state index contributed by atoms with van der Waals surface area (Å²) in [6.07, 6.45) is 5.28. The number of amides is 1. The van der Waals surface area contributed by atoms with E-state index in [0.717, 1.165) is 36.6 Å². The number of benzene rings is 1. The predicted octanol–water partition coefficient (Wildman–Crippen LogP) is 2.93. The van der Waals surface area contributed by atoms with E-state index in [4.69, 9.17) is 5.73 Å². The Labute approximate surface area is 128 Å². The fraction of sp³-hybridized carbons (Fsp3) is 0.562. The zero-order chi connectivity index (χ0) is 14.1. The van der Waals surface area contributed by atoms with Gasteiger partial charge in [-0.05, 0) is 61.4 Å². The van der Waals surface area contributed by atoms with Gasteiger partial charge in [-0.2, -0.15) is 0 Å². The summed E-state index contributed by atoms with van der Waals surface area (Å²) in [6, 6.07) is 6.54. The summed E-state index contributed by atoms with van der Waals surface area (Å²) in [6.45, 7) is 0.631. The molecular weight excluding hydrogens is 316 g/mol. The Morgan fingerprint density at radius 1 is 1.35 bits per heavy atom. The number of hydrogen-bond acceptors (Lipinski definition) is 2. The highest BCUT2D eigenvalue weighted by Gasteiger charge is 2.34. The number of nitrogens with two attached hydrogens (primary N) is 1. The van der Waals surface area contributed by atoms with Crippen molar-refractivity contribution in [2.45, 2.75) is 38.1 Å². The van der Waals surface area contributed by atoms with Crippen molar-refractivity contribution in [1.29, 1.82) is 0 Å². The highest BCUT2D eigenvalue weighted by Crippen LogP contribution is 2.35. The topological polar surface area (TPSA) is 55.1 Å². The monoisotopic (exact) mass is 336 g/mol. The molecule has 3 rings (SSSR count). The van der Waals surface area contributed by atoms with E-state index in [1.807, 2.05) is 0 Å². The maximum absolute atomic E-state index is 12.5. The van der Waals surface area contributed by atoms with Crippen molar-refractivity contribution >= 4 is 21.8 Å². The number of nitrogens with one attached hydrogen (secondary N) is 1. The molecule has 0 aromatic heterocycles. The molecule has 0 heterocycles. The number of fused-ring (bicyclic) bond motifs is 1. The summed E-state index contributed by atoms with van der Waals surface area (Å²) in [4.78, 5) is 12.5. The van der Waals surface area contributed by atoms with Crippen LogP contribution in [0.5, 0.6) is 0 Å². The SMILES string of the molecule is NC[C@H]1CCC[C@H]1C(=O)NC1CCc2cc(Br)ccc21. The van der Waals surface area contributed by atoms with Gasteiger partial charge in [0.1, 0.15) is 0 Å². The summed E-state index contributed by atoms with van der Waals surface area (Å²) in [7, 11) is 0. The zero-order valence-corrected chi connectivity index (χ0v) is 13.2. The molecule has 3 N–H and O–H groups in total. The average Bonchev–Trinajstić information content (AvgIpc) is 3.05. The van der Waals surface area contributed by atoms with Gasteiger partial charge in [0.25, 0.3) is 0 Å². The molecule has 1 saturated carbocycles. The molecule has 1 fully saturated rings. The van der Waals surface area contributed by atoms with Gasteiger partial charge in [0.2, 0.25) is 5.91 Å². The van der Waals surface area contributed by atoms with E-state index in [2.05, 4.69) is 39.4 Å². The maximum Gasteiger partial charge on any atom is 0.223 e. The number of carbonyl (C=O) groups is 1. The van der Waals surface area contributed by atoms with E-state index >= 15 is 0 Å². The fourth-order valence-corrected chi connectivity index (χ4v) is 4.09. The predicted molar refractivity (Wildman–Crippen MR) is 83.2 cm³/mol. The van der Waals surface area contributed by atoms with Gasteiger partial charge in [0, 0.05) is 10.4 Å². The summed E-state index contributed by atoms with van der Waals surface area (Å²) in [5, 5.41) is 3.25. The second-order valence-electron chi connectivity index (χ2n) is 5.98. The molecule has 2 aliphatic carbocycles. The quantitative estimate of drug-likeness (QED) is 0.891. The molecule has 4 heteroatoms. The van der Waals surface area contributed by atoms with Gasteiger partial charge >= 0.3 is 0 Å². The van der Waals surface area contributed by atoms with Crippen LogP contribution in [0, 0.1) is 11.8 Å². The minimum absolute atomic E-state index is 0.125. The molecule has 0 radical (unpaired) electrons. The first-order valence-electron chi connectivity index (χ1n) is 7.48. The molecule has 1 unspecified atom stereocenters. The lowest BCUT2D eigenvalue weighted by Crippen LogP contribution is -2.36. The fourth-order valence-electron chi connectivity index (χ4n) is 3.68. The van der Waals surface area contributed by atoms with Gasteiger partial charge in [-0.25, -0.2) is 0 Å². The molecule has 3 atom stereocenters. The Morgan fingerprint density at radius 3 is 3.00 bits per heavy atom. The number of halogens is 1. The third-order valence-electron chi connectivity index (χ3n) is 4.80. The van der Waals surface area contributed by atoms with Crippen molar-refractivity contribution < 1.29 is 4.79 Å². The first kappa shape index (κ1) is 14.1. The Bertz CT molecular complexity index is 517. The van der Waals surface area contributed by atoms with Crippen molar-refractivity contribution in [3.05, 3.63) is 33.8 Å². The second-order valence-corrected chi connectivity index (χ2v) is 6.89. The van der Waals surface area contributed by atoms with Crippen LogP contribution < -0.4 is 11.1 Å². The number of aryl methyl sites for hydroxylation is 1. The van der Waals surface area contributed by atoms with E-state index in [1.165, 1.54) is 11.1 Å². The first-order valence-corrected chi connectivity index (χ1v) is 8.27. The van der Waals surface area contributed by atoms with Crippen LogP contribution in [0.15, 0.2) is 22.7 Å². The lowest BCUT2D eigenvalue weighted by atomic mass is 9.94. The second kappa shape index (κ2) is 5.86. The van der Waals surface area contributed by atoms with Crippen molar-refractivity contribution in [2.75, 3.05) is 6.54 Å². The Kier molecular flexibility index (Phi) is 4.13. The molecule has 1 aromatic rings. The van der Waals surface area contributed by atoms with Crippen LogP contribution in [-0.2, 0) is 11.2 Å². The Hall–Kier alpha value is -0.870. The van der Waals surface area contributed by atoms with Gasteiger partial charge in [-0.1, -0.05) is 28.4 Å². The normalized spacial score (nSPS) is 28.4. The van der Waals surface area contributed by atoms with Gasteiger partial charge < -0.3 is 11.1 Å². The molecule has 0 saturated heterocycles.